The Morgan fingerprint density at radius 1 is 0.232 bits per heavy atom. The third kappa shape index (κ3) is 6.51. The first kappa shape index (κ1) is 35.2. The quantitative estimate of drug-likeness (QED) is 0.140. The maximum Gasteiger partial charge on any atom is 0.0485 e. The summed E-state index contributed by atoms with van der Waals surface area (Å²) >= 11 is 0. The Bertz CT molecular complexity index is 2620. The lowest BCUT2D eigenvalue weighted by molar-refractivity contribution is 1.18. The van der Waals surface area contributed by atoms with E-state index in [0.717, 1.165) is 66.5 Å². The smallest absolute Gasteiger partial charge is 0.0485 e. The lowest BCUT2D eigenvalue weighted by Gasteiger charge is -2.12. The molecule has 4 aromatic heterocycles. The van der Waals surface area contributed by atoms with Crippen LogP contribution in [0.1, 0.15) is 89.5 Å². The first-order chi connectivity index (χ1) is 26.9. The molecule has 5 heterocycles. The van der Waals surface area contributed by atoms with Crippen molar-refractivity contribution in [2.75, 3.05) is 0 Å². The van der Waals surface area contributed by atoms with E-state index in [-0.39, 0.29) is 0 Å². The average molecular weight is 729 g/mol. The highest BCUT2D eigenvalue weighted by Crippen LogP contribution is 2.30. The van der Waals surface area contributed by atoms with Gasteiger partial charge in [0, 0.05) is 66.5 Å². The third-order valence-electron chi connectivity index (χ3n) is 10.9. The standard InChI is InChI=1S/C52H48N4/c1-29-17-30(2)22-37(21-29)49-41-9-11-43(53-41)50(38-23-31(3)18-32(4)24-38)45-13-15-47(55-45)52(40-27-35(7)20-36(8)28-40)48-16-14-46(56-48)51(44-12-10-42(49)54-44)39-25-33(5)19-34(6)26-39/h9-28,53-56H,1-8H3. The van der Waals surface area contributed by atoms with Crippen LogP contribution in [0.5, 0.6) is 0 Å². The number of aromatic amines is 4. The molecule has 0 saturated heterocycles. The zero-order valence-corrected chi connectivity index (χ0v) is 33.5. The van der Waals surface area contributed by atoms with Crippen LogP contribution in [0.15, 0.2) is 121 Å². The predicted octanol–water partition coefficient (Wildman–Crippen LogP) is 8.77. The number of benzene rings is 4. The molecule has 4 nitrogen and oxygen atoms in total. The highest BCUT2D eigenvalue weighted by Gasteiger charge is 2.19. The molecule has 56 heavy (non-hydrogen) atoms. The Hall–Kier alpha value is -6.52. The third-order valence-corrected chi connectivity index (χ3v) is 10.9. The lowest BCUT2D eigenvalue weighted by Crippen LogP contribution is -2.19. The normalized spacial score (nSPS) is 12.9. The molecule has 0 atom stereocenters. The maximum atomic E-state index is 3.95. The van der Waals surface area contributed by atoms with Gasteiger partial charge in [0.1, 0.15) is 0 Å². The van der Waals surface area contributed by atoms with Crippen LogP contribution in [0.4, 0.5) is 0 Å². The van der Waals surface area contributed by atoms with Gasteiger partial charge >= 0.3 is 0 Å². The maximum absolute atomic E-state index is 3.95. The number of H-pyrrole nitrogens is 4. The molecule has 8 aromatic rings. The van der Waals surface area contributed by atoms with Crippen molar-refractivity contribution in [2.45, 2.75) is 55.4 Å². The monoisotopic (exact) mass is 728 g/mol. The van der Waals surface area contributed by atoms with Gasteiger partial charge in [-0.2, -0.15) is 0 Å². The van der Waals surface area contributed by atoms with Gasteiger partial charge in [0.15, 0.2) is 0 Å². The lowest BCUT2D eigenvalue weighted by atomic mass is 9.98. The SMILES string of the molecule is Cc1cc(C)cc(C2=c3ccc([nH]3)=C(c3cc(C)cc(C)c3)c3ccc([nH]3)C(c3cc(C)cc(C)c3)=c3ccc([nH]3)=C(c3cc(C)cc(C)c3)c3ccc2[nH]3)c1. The van der Waals surface area contributed by atoms with Crippen molar-refractivity contribution >= 4 is 22.3 Å². The van der Waals surface area contributed by atoms with E-state index in [0.29, 0.717) is 0 Å². The van der Waals surface area contributed by atoms with Crippen LogP contribution in [0.3, 0.4) is 0 Å². The number of rotatable bonds is 4. The summed E-state index contributed by atoms with van der Waals surface area (Å²) in [5, 5.41) is 4.21. The summed E-state index contributed by atoms with van der Waals surface area (Å²) < 4.78 is 0. The first-order valence-electron chi connectivity index (χ1n) is 19.6. The Kier molecular flexibility index (Phi) is 8.58. The molecule has 4 aromatic carbocycles. The highest BCUT2D eigenvalue weighted by molar-refractivity contribution is 5.85. The minimum atomic E-state index is 1.05. The van der Waals surface area contributed by atoms with Gasteiger partial charge in [-0.1, -0.05) is 117 Å². The van der Waals surface area contributed by atoms with Crippen molar-refractivity contribution in [3.8, 4) is 0 Å². The molecule has 8 bridgehead atoms. The number of aryl methyl sites for hydroxylation is 8. The van der Waals surface area contributed by atoms with E-state index in [9.17, 15) is 0 Å². The Balaban J connectivity index is 1.46. The van der Waals surface area contributed by atoms with Crippen LogP contribution < -0.4 is 21.4 Å². The summed E-state index contributed by atoms with van der Waals surface area (Å²) in [5.74, 6) is 0. The number of hydrogen-bond donors (Lipinski definition) is 4. The molecule has 0 radical (unpaired) electrons. The molecule has 276 valence electrons. The summed E-state index contributed by atoms with van der Waals surface area (Å²) in [6.07, 6.45) is 0. The van der Waals surface area contributed by atoms with Crippen LogP contribution in [0, 0.1) is 55.4 Å². The molecule has 0 amide bonds. The number of aromatic nitrogens is 4. The van der Waals surface area contributed by atoms with Gasteiger partial charge in [-0.25, -0.2) is 0 Å². The minimum absolute atomic E-state index is 1.05. The molecule has 0 unspecified atom stereocenters. The zero-order chi connectivity index (χ0) is 38.8. The van der Waals surface area contributed by atoms with Crippen LogP contribution in [-0.2, 0) is 0 Å². The van der Waals surface area contributed by atoms with Gasteiger partial charge in [-0.15, -0.1) is 0 Å². The van der Waals surface area contributed by atoms with E-state index in [4.69, 9.17) is 0 Å². The van der Waals surface area contributed by atoms with Crippen LogP contribution in [0.2, 0.25) is 0 Å². The topological polar surface area (TPSA) is 63.2 Å². The molecule has 1 aliphatic heterocycles. The van der Waals surface area contributed by atoms with Crippen molar-refractivity contribution < 1.29 is 0 Å². The molecule has 0 aliphatic carbocycles. The summed E-state index contributed by atoms with van der Waals surface area (Å²) in [4.78, 5) is 15.8. The summed E-state index contributed by atoms with van der Waals surface area (Å²) in [6.45, 7) is 17.4. The Morgan fingerprint density at radius 2 is 0.429 bits per heavy atom. The number of nitrogens with one attached hydrogen (secondary N) is 4. The molecular formula is C52H48N4. The second-order valence-corrected chi connectivity index (χ2v) is 16.1. The molecule has 4 heteroatoms. The highest BCUT2D eigenvalue weighted by atomic mass is 14.8. The second kappa shape index (κ2) is 13.6. The largest absolute Gasteiger partial charge is 0.354 e. The summed E-state index contributed by atoms with van der Waals surface area (Å²) in [5.41, 5.74) is 23.3. The molecule has 0 saturated carbocycles. The second-order valence-electron chi connectivity index (χ2n) is 16.1. The van der Waals surface area contributed by atoms with E-state index >= 15 is 0 Å². The van der Waals surface area contributed by atoms with Gasteiger partial charge in [0.05, 0.1) is 0 Å². The van der Waals surface area contributed by atoms with Crippen molar-refractivity contribution in [3.63, 3.8) is 0 Å². The van der Waals surface area contributed by atoms with Crippen molar-refractivity contribution in [2.24, 2.45) is 0 Å². The predicted molar refractivity (Wildman–Crippen MR) is 232 cm³/mol. The van der Waals surface area contributed by atoms with Crippen molar-refractivity contribution in [1.29, 1.82) is 0 Å². The molecule has 9 rings (SSSR count). The fourth-order valence-electron chi connectivity index (χ4n) is 9.05. The fourth-order valence-corrected chi connectivity index (χ4v) is 9.05. The number of hydrogen-bond acceptors (Lipinski definition) is 0. The van der Waals surface area contributed by atoms with Gasteiger partial charge < -0.3 is 19.9 Å². The van der Waals surface area contributed by atoms with Crippen molar-refractivity contribution in [3.05, 3.63) is 232 Å². The first-order valence-corrected chi connectivity index (χ1v) is 19.6. The van der Waals surface area contributed by atoms with E-state index in [1.165, 1.54) is 66.8 Å². The van der Waals surface area contributed by atoms with Gasteiger partial charge in [0.2, 0.25) is 0 Å². The molecule has 1 aliphatic rings. The minimum Gasteiger partial charge on any atom is -0.354 e. The average Bonchev–Trinajstić information content (AvgIpc) is 3.94. The van der Waals surface area contributed by atoms with Crippen LogP contribution >= 0.6 is 0 Å². The molecule has 0 spiro atoms. The summed E-state index contributed by atoms with van der Waals surface area (Å²) in [6, 6.07) is 45.3. The van der Waals surface area contributed by atoms with Crippen LogP contribution in [0.25, 0.3) is 22.3 Å². The van der Waals surface area contributed by atoms with E-state index in [1.54, 1.807) is 0 Å². The van der Waals surface area contributed by atoms with Crippen molar-refractivity contribution in [1.82, 2.24) is 19.9 Å². The molecule has 0 fully saturated rings. The number of fused-ring (bicyclic) bond motifs is 8. The van der Waals surface area contributed by atoms with E-state index < -0.39 is 0 Å². The molecular weight excluding hydrogens is 681 g/mol. The fraction of sp³-hybridized carbons (Fsp3) is 0.154. The van der Waals surface area contributed by atoms with E-state index in [2.05, 4.69) is 197 Å². The van der Waals surface area contributed by atoms with Gasteiger partial charge in [0.25, 0.3) is 0 Å². The van der Waals surface area contributed by atoms with E-state index in [1.807, 2.05) is 0 Å². The Morgan fingerprint density at radius 3 is 0.625 bits per heavy atom. The summed E-state index contributed by atoms with van der Waals surface area (Å²) in [7, 11) is 0. The molecule has 4 N–H and O–H groups in total. The zero-order valence-electron chi connectivity index (χ0n) is 33.5. The van der Waals surface area contributed by atoms with Gasteiger partial charge in [-0.05, 0) is 126 Å². The van der Waals surface area contributed by atoms with Crippen LogP contribution in [-0.4, -0.2) is 19.9 Å². The van der Waals surface area contributed by atoms with Gasteiger partial charge in [-0.3, -0.25) is 0 Å². The Labute approximate surface area is 328 Å².